The first-order valence-electron chi connectivity index (χ1n) is 13.2. The van der Waals surface area contributed by atoms with Gasteiger partial charge in [0.1, 0.15) is 5.65 Å². The summed E-state index contributed by atoms with van der Waals surface area (Å²) in [5, 5.41) is 16.7. The number of benzene rings is 2. The predicted octanol–water partition coefficient (Wildman–Crippen LogP) is 5.60. The topological polar surface area (TPSA) is 100 Å². The number of nitrogens with one attached hydrogen (secondary N) is 2. The predicted molar refractivity (Wildman–Crippen MR) is 161 cm³/mol. The number of anilines is 1. The second kappa shape index (κ2) is 10.1. The highest BCUT2D eigenvalue weighted by atomic mass is 79.9. The lowest BCUT2D eigenvalue weighted by Gasteiger charge is -2.35. The number of rotatable bonds is 5. The van der Waals surface area contributed by atoms with Crippen molar-refractivity contribution in [2.24, 2.45) is 5.92 Å². The Morgan fingerprint density at radius 1 is 1.25 bits per heavy atom. The van der Waals surface area contributed by atoms with E-state index in [0.717, 1.165) is 50.2 Å². The molecule has 0 saturated heterocycles. The van der Waals surface area contributed by atoms with E-state index in [1.807, 2.05) is 42.9 Å². The normalized spacial score (nSPS) is 15.3. The molecule has 40 heavy (non-hydrogen) atoms. The monoisotopic (exact) mass is 621 g/mol. The van der Waals surface area contributed by atoms with Crippen molar-refractivity contribution in [2.75, 3.05) is 12.4 Å². The first-order chi connectivity index (χ1) is 19.2. The molecule has 2 N–H and O–H groups in total. The molecular weight excluding hydrogens is 594 g/mol. The van der Waals surface area contributed by atoms with Crippen molar-refractivity contribution in [3.8, 4) is 5.69 Å². The van der Waals surface area contributed by atoms with Crippen LogP contribution in [0.4, 0.5) is 5.82 Å². The summed E-state index contributed by atoms with van der Waals surface area (Å²) in [7, 11) is 1.83. The minimum atomic E-state index is -0.194. The number of amides is 1. The summed E-state index contributed by atoms with van der Waals surface area (Å²) in [4.78, 5) is 29.7. The van der Waals surface area contributed by atoms with Crippen molar-refractivity contribution in [1.29, 1.82) is 0 Å². The summed E-state index contributed by atoms with van der Waals surface area (Å²) < 4.78 is 4.35. The lowest BCUT2D eigenvalue weighted by Crippen LogP contribution is -2.46. The number of aromatic amines is 1. The van der Waals surface area contributed by atoms with Crippen molar-refractivity contribution in [2.45, 2.75) is 46.2 Å². The Morgan fingerprint density at radius 2 is 2.05 bits per heavy atom. The molecule has 0 aliphatic carbocycles. The molecule has 0 radical (unpaired) electrons. The number of aromatic nitrogens is 5. The molecule has 0 bridgehead atoms. The molecular formula is C29H29BrClN7O2. The van der Waals surface area contributed by atoms with Crippen LogP contribution in [0.1, 0.15) is 48.0 Å². The highest BCUT2D eigenvalue weighted by Gasteiger charge is 2.33. The van der Waals surface area contributed by atoms with Crippen molar-refractivity contribution < 1.29 is 4.79 Å². The van der Waals surface area contributed by atoms with Crippen LogP contribution in [-0.2, 0) is 19.4 Å². The van der Waals surface area contributed by atoms with Gasteiger partial charge in [0.05, 0.1) is 34.7 Å². The molecule has 5 aromatic rings. The van der Waals surface area contributed by atoms with Gasteiger partial charge >= 0.3 is 0 Å². The highest BCUT2D eigenvalue weighted by molar-refractivity contribution is 9.10. The zero-order valence-electron chi connectivity index (χ0n) is 22.6. The molecule has 1 aliphatic rings. The van der Waals surface area contributed by atoms with Crippen molar-refractivity contribution in [3.63, 3.8) is 0 Å². The highest BCUT2D eigenvalue weighted by Crippen LogP contribution is 2.30. The van der Waals surface area contributed by atoms with Crippen LogP contribution in [-0.4, -0.2) is 48.3 Å². The number of fused-ring (bicyclic) bond motifs is 4. The number of carbonyl (C=O) groups excluding carboxylic acids is 1. The zero-order chi connectivity index (χ0) is 28.3. The van der Waals surface area contributed by atoms with E-state index in [-0.39, 0.29) is 24.1 Å². The smallest absolute Gasteiger partial charge is 0.261 e. The summed E-state index contributed by atoms with van der Waals surface area (Å²) >= 11 is 9.69. The van der Waals surface area contributed by atoms with Crippen LogP contribution in [0, 0.1) is 5.92 Å². The maximum absolute atomic E-state index is 14.3. The summed E-state index contributed by atoms with van der Waals surface area (Å²) in [5.74, 6) is 0.977. The third kappa shape index (κ3) is 4.30. The van der Waals surface area contributed by atoms with Gasteiger partial charge in [-0.15, -0.1) is 0 Å². The number of hydrogen-bond donors (Lipinski definition) is 2. The van der Waals surface area contributed by atoms with Crippen LogP contribution in [0.25, 0.3) is 22.2 Å². The fourth-order valence-electron chi connectivity index (χ4n) is 5.61. The summed E-state index contributed by atoms with van der Waals surface area (Å²) in [6.45, 7) is 6.53. The number of halogens is 2. The van der Waals surface area contributed by atoms with Gasteiger partial charge in [0, 0.05) is 39.6 Å². The Balaban J connectivity index is 1.53. The molecule has 2 aromatic carbocycles. The van der Waals surface area contributed by atoms with Crippen LogP contribution in [0.2, 0.25) is 5.02 Å². The minimum Gasteiger partial charge on any atom is -0.371 e. The van der Waals surface area contributed by atoms with Gasteiger partial charge in [-0.3, -0.25) is 19.3 Å². The minimum absolute atomic E-state index is 0.0913. The van der Waals surface area contributed by atoms with E-state index in [2.05, 4.69) is 45.3 Å². The maximum atomic E-state index is 14.3. The largest absolute Gasteiger partial charge is 0.371 e. The number of nitrogens with zero attached hydrogens (tertiary/aromatic N) is 5. The number of carbonyl (C=O) groups is 1. The molecule has 206 valence electrons. The van der Waals surface area contributed by atoms with Crippen molar-refractivity contribution >= 4 is 55.8 Å². The number of H-pyrrole nitrogens is 1. The SMILES string of the molecule is CNc1n[nH]c2cc(-n3c(=O)c4c(n5ncc(CC(C)C)c35)CN(C(=O)c3ccc(Br)c(Cl)c3)C(C)C4)ccc12. The second-order valence-electron chi connectivity index (χ2n) is 10.7. The third-order valence-electron chi connectivity index (χ3n) is 7.54. The van der Waals surface area contributed by atoms with Gasteiger partial charge in [0.25, 0.3) is 11.5 Å². The van der Waals surface area contributed by atoms with Crippen LogP contribution < -0.4 is 10.9 Å². The van der Waals surface area contributed by atoms with Crippen LogP contribution in [0.5, 0.6) is 0 Å². The molecule has 0 spiro atoms. The van der Waals surface area contributed by atoms with Gasteiger partial charge in [-0.25, -0.2) is 4.52 Å². The Bertz CT molecular complexity index is 1860. The molecule has 0 saturated carbocycles. The molecule has 1 atom stereocenters. The van der Waals surface area contributed by atoms with Gasteiger partial charge in [-0.1, -0.05) is 25.4 Å². The quantitative estimate of drug-likeness (QED) is 0.266. The lowest BCUT2D eigenvalue weighted by atomic mass is 9.98. The molecule has 1 amide bonds. The van der Waals surface area contributed by atoms with Crippen molar-refractivity contribution in [3.05, 3.63) is 84.8 Å². The molecule has 1 aliphatic heterocycles. The van der Waals surface area contributed by atoms with Crippen molar-refractivity contribution in [1.82, 2.24) is 29.3 Å². The Hall–Kier alpha value is -3.63. The third-order valence-corrected chi connectivity index (χ3v) is 8.78. The Labute approximate surface area is 244 Å². The van der Waals surface area contributed by atoms with Gasteiger partial charge in [-0.05, 0) is 78.0 Å². The fraction of sp³-hybridized carbons (Fsp3) is 0.310. The average Bonchev–Trinajstić information content (AvgIpc) is 3.53. The van der Waals surface area contributed by atoms with E-state index >= 15 is 0 Å². The first kappa shape index (κ1) is 26.6. The number of hydrogen-bond acceptors (Lipinski definition) is 5. The summed E-state index contributed by atoms with van der Waals surface area (Å²) in [6, 6.07) is 10.9. The second-order valence-corrected chi connectivity index (χ2v) is 12.0. The Morgan fingerprint density at radius 3 is 2.77 bits per heavy atom. The van der Waals surface area contributed by atoms with Gasteiger partial charge in [0.15, 0.2) is 5.82 Å². The molecule has 6 rings (SSSR count). The van der Waals surface area contributed by atoms with Crippen LogP contribution >= 0.6 is 27.5 Å². The van der Waals surface area contributed by atoms with E-state index in [1.54, 1.807) is 27.7 Å². The zero-order valence-corrected chi connectivity index (χ0v) is 25.0. The van der Waals surface area contributed by atoms with E-state index in [4.69, 9.17) is 16.7 Å². The molecule has 3 aromatic heterocycles. The standard InChI is InChI=1S/C29H29BrClN7O2/c1-15(2)9-18-13-33-38-25-14-36(28(39)17-5-8-22(30)23(31)11-17)16(3)10-21(25)29(40)37(27(18)38)19-6-7-20-24(12-19)34-35-26(20)32-4/h5-8,11-13,15-16H,9-10,14H2,1-4H3,(H2,32,34,35). The van der Waals surface area contributed by atoms with E-state index in [0.29, 0.717) is 28.5 Å². The van der Waals surface area contributed by atoms with E-state index in [1.165, 1.54) is 0 Å². The van der Waals surface area contributed by atoms with Crippen LogP contribution in [0.3, 0.4) is 0 Å². The van der Waals surface area contributed by atoms with Gasteiger partial charge in [-0.2, -0.15) is 10.2 Å². The molecule has 9 nitrogen and oxygen atoms in total. The fourth-order valence-corrected chi connectivity index (χ4v) is 6.04. The van der Waals surface area contributed by atoms with E-state index < -0.39 is 0 Å². The summed E-state index contributed by atoms with van der Waals surface area (Å²) in [6.07, 6.45) is 3.02. The molecule has 1 unspecified atom stereocenters. The molecule has 4 heterocycles. The summed E-state index contributed by atoms with van der Waals surface area (Å²) in [5.41, 5.74) is 5.07. The van der Waals surface area contributed by atoms with E-state index in [9.17, 15) is 9.59 Å². The first-order valence-corrected chi connectivity index (χ1v) is 14.4. The lowest BCUT2D eigenvalue weighted by molar-refractivity contribution is 0.0651. The van der Waals surface area contributed by atoms with Gasteiger partial charge < -0.3 is 10.2 Å². The molecule has 11 heteroatoms. The van der Waals surface area contributed by atoms with Gasteiger partial charge in [0.2, 0.25) is 0 Å². The Kier molecular flexibility index (Phi) is 6.70. The van der Waals surface area contributed by atoms with Crippen LogP contribution in [0.15, 0.2) is 51.9 Å². The maximum Gasteiger partial charge on any atom is 0.261 e. The average molecular weight is 623 g/mol. The molecule has 0 fully saturated rings.